The lowest BCUT2D eigenvalue weighted by Crippen LogP contribution is -2.33. The Balaban J connectivity index is 0.00000312. The number of carbonyl (C=O) groups is 1. The molecule has 0 heterocycles. The van der Waals surface area contributed by atoms with Crippen LogP contribution in [0.4, 0.5) is 4.39 Å². The highest BCUT2D eigenvalue weighted by Gasteiger charge is 2.18. The smallest absolute Gasteiger partial charge is 0.223 e. The maximum Gasteiger partial charge on any atom is 0.223 e. The molecule has 1 unspecified atom stereocenters. The molecule has 2 rings (SSSR count). The van der Waals surface area contributed by atoms with Gasteiger partial charge in [-0.1, -0.05) is 49.4 Å². The number of nitrogens with two attached hydrogens (primary N) is 1. The Hall–Kier alpha value is -1.91. The molecule has 0 radical (unpaired) electrons. The molecule has 0 aliphatic carbocycles. The van der Waals surface area contributed by atoms with Crippen LogP contribution in [0.2, 0.25) is 0 Å². The van der Waals surface area contributed by atoms with Gasteiger partial charge in [-0.2, -0.15) is 0 Å². The van der Waals surface area contributed by atoms with Crippen molar-refractivity contribution in [2.45, 2.75) is 32.2 Å². The third-order valence-corrected chi connectivity index (χ3v) is 4.10. The van der Waals surface area contributed by atoms with Gasteiger partial charge in [0.25, 0.3) is 0 Å². The minimum absolute atomic E-state index is 0. The van der Waals surface area contributed by atoms with E-state index in [4.69, 9.17) is 5.73 Å². The number of rotatable bonds is 8. The predicted molar refractivity (Wildman–Crippen MR) is 102 cm³/mol. The van der Waals surface area contributed by atoms with E-state index < -0.39 is 0 Å². The number of carbonyl (C=O) groups excluding carboxylic acids is 1. The minimum Gasteiger partial charge on any atom is -0.338 e. The van der Waals surface area contributed by atoms with Crippen molar-refractivity contribution in [3.63, 3.8) is 0 Å². The zero-order valence-electron chi connectivity index (χ0n) is 14.5. The van der Waals surface area contributed by atoms with E-state index in [1.807, 2.05) is 48.2 Å². The fourth-order valence-electron chi connectivity index (χ4n) is 2.70. The van der Waals surface area contributed by atoms with Crippen LogP contribution in [0.5, 0.6) is 0 Å². The highest BCUT2D eigenvalue weighted by molar-refractivity contribution is 5.85. The molecule has 0 aromatic heterocycles. The van der Waals surface area contributed by atoms with Gasteiger partial charge in [-0.3, -0.25) is 4.79 Å². The van der Waals surface area contributed by atoms with E-state index in [-0.39, 0.29) is 30.0 Å². The lowest BCUT2D eigenvalue weighted by Gasteiger charge is -2.24. The van der Waals surface area contributed by atoms with E-state index in [9.17, 15) is 9.18 Å². The first-order valence-electron chi connectivity index (χ1n) is 8.37. The fraction of sp³-hybridized carbons (Fsp3) is 0.350. The van der Waals surface area contributed by atoms with Gasteiger partial charge >= 0.3 is 0 Å². The van der Waals surface area contributed by atoms with Crippen molar-refractivity contribution < 1.29 is 9.18 Å². The SMILES string of the molecule is CC(CC(=O)N(CCCN)Cc1ccccc1)c1cccc(F)c1.Cl. The van der Waals surface area contributed by atoms with Gasteiger partial charge in [-0.15, -0.1) is 12.4 Å². The highest BCUT2D eigenvalue weighted by atomic mass is 35.5. The Kier molecular flexibility index (Phi) is 9.17. The van der Waals surface area contributed by atoms with Crippen LogP contribution in [0.25, 0.3) is 0 Å². The standard InChI is InChI=1S/C20H25FN2O.ClH/c1-16(18-9-5-10-19(21)14-18)13-20(24)23(12-6-11-22)15-17-7-3-2-4-8-17;/h2-5,7-10,14,16H,6,11-13,15,22H2,1H3;1H. The zero-order valence-corrected chi connectivity index (χ0v) is 15.3. The average Bonchev–Trinajstić information content (AvgIpc) is 2.59. The number of nitrogens with zero attached hydrogens (tertiary/aromatic N) is 1. The summed E-state index contributed by atoms with van der Waals surface area (Å²) in [6, 6.07) is 16.4. The first kappa shape index (κ1) is 21.1. The van der Waals surface area contributed by atoms with Crippen molar-refractivity contribution >= 4 is 18.3 Å². The molecule has 136 valence electrons. The van der Waals surface area contributed by atoms with Crippen molar-refractivity contribution in [3.05, 3.63) is 71.5 Å². The minimum atomic E-state index is -0.268. The summed E-state index contributed by atoms with van der Waals surface area (Å²) in [6.07, 6.45) is 1.13. The summed E-state index contributed by atoms with van der Waals surface area (Å²) < 4.78 is 13.4. The van der Waals surface area contributed by atoms with Crippen LogP contribution in [0.1, 0.15) is 36.8 Å². The quantitative estimate of drug-likeness (QED) is 0.765. The summed E-state index contributed by atoms with van der Waals surface area (Å²) in [7, 11) is 0. The predicted octanol–water partition coefficient (Wildman–Crippen LogP) is 4.12. The number of hydrogen-bond acceptors (Lipinski definition) is 2. The average molecular weight is 365 g/mol. The van der Waals surface area contributed by atoms with Gasteiger partial charge in [0.05, 0.1) is 0 Å². The van der Waals surface area contributed by atoms with E-state index in [2.05, 4.69) is 0 Å². The molecule has 0 aliphatic heterocycles. The van der Waals surface area contributed by atoms with E-state index >= 15 is 0 Å². The summed E-state index contributed by atoms with van der Waals surface area (Å²) >= 11 is 0. The fourth-order valence-corrected chi connectivity index (χ4v) is 2.70. The molecule has 0 bridgehead atoms. The van der Waals surface area contributed by atoms with Crippen LogP contribution in [-0.2, 0) is 11.3 Å². The highest BCUT2D eigenvalue weighted by Crippen LogP contribution is 2.21. The maximum atomic E-state index is 13.4. The Morgan fingerprint density at radius 3 is 2.52 bits per heavy atom. The summed E-state index contributed by atoms with van der Waals surface area (Å²) in [5, 5.41) is 0. The normalized spacial score (nSPS) is 11.5. The Bertz CT molecular complexity index is 651. The summed E-state index contributed by atoms with van der Waals surface area (Å²) in [5.41, 5.74) is 7.55. The second-order valence-corrected chi connectivity index (χ2v) is 6.10. The molecular formula is C20H26ClFN2O. The molecule has 0 saturated heterocycles. The molecule has 0 saturated carbocycles. The van der Waals surface area contributed by atoms with Crippen molar-refractivity contribution in [3.8, 4) is 0 Å². The summed E-state index contributed by atoms with van der Waals surface area (Å²) in [6.45, 7) is 3.73. The number of amides is 1. The molecule has 0 spiro atoms. The van der Waals surface area contributed by atoms with E-state index in [1.54, 1.807) is 6.07 Å². The van der Waals surface area contributed by atoms with Crippen molar-refractivity contribution in [2.24, 2.45) is 5.73 Å². The molecule has 0 fully saturated rings. The Morgan fingerprint density at radius 2 is 1.88 bits per heavy atom. The molecule has 1 amide bonds. The summed E-state index contributed by atoms with van der Waals surface area (Å²) in [4.78, 5) is 14.6. The van der Waals surface area contributed by atoms with Crippen molar-refractivity contribution in [1.29, 1.82) is 0 Å². The van der Waals surface area contributed by atoms with Crippen molar-refractivity contribution in [2.75, 3.05) is 13.1 Å². The summed E-state index contributed by atoms with van der Waals surface area (Å²) in [5.74, 6) is -0.218. The topological polar surface area (TPSA) is 46.3 Å². The van der Waals surface area contributed by atoms with Crippen LogP contribution >= 0.6 is 12.4 Å². The molecule has 1 atom stereocenters. The van der Waals surface area contributed by atoms with E-state index in [1.165, 1.54) is 12.1 Å². The lowest BCUT2D eigenvalue weighted by atomic mass is 9.97. The van der Waals surface area contributed by atoms with Crippen LogP contribution in [0, 0.1) is 5.82 Å². The second-order valence-electron chi connectivity index (χ2n) is 6.10. The van der Waals surface area contributed by atoms with E-state index in [0.29, 0.717) is 26.1 Å². The number of hydrogen-bond donors (Lipinski definition) is 1. The molecule has 2 aromatic rings. The van der Waals surface area contributed by atoms with Gasteiger partial charge in [0.15, 0.2) is 0 Å². The van der Waals surface area contributed by atoms with Crippen LogP contribution in [0.3, 0.4) is 0 Å². The molecule has 25 heavy (non-hydrogen) atoms. The Labute approximate surface area is 155 Å². The van der Waals surface area contributed by atoms with Crippen LogP contribution in [-0.4, -0.2) is 23.9 Å². The first-order valence-corrected chi connectivity index (χ1v) is 8.37. The first-order chi connectivity index (χ1) is 11.6. The molecule has 3 nitrogen and oxygen atoms in total. The van der Waals surface area contributed by atoms with Gasteiger partial charge in [-0.25, -0.2) is 4.39 Å². The number of benzene rings is 2. The Morgan fingerprint density at radius 1 is 1.16 bits per heavy atom. The zero-order chi connectivity index (χ0) is 17.4. The molecular weight excluding hydrogens is 339 g/mol. The van der Waals surface area contributed by atoms with E-state index in [0.717, 1.165) is 17.5 Å². The second kappa shape index (κ2) is 10.9. The largest absolute Gasteiger partial charge is 0.338 e. The third-order valence-electron chi connectivity index (χ3n) is 4.10. The molecule has 2 N–H and O–H groups in total. The molecule has 2 aromatic carbocycles. The van der Waals surface area contributed by atoms with Gasteiger partial charge in [0.1, 0.15) is 5.82 Å². The van der Waals surface area contributed by atoms with Crippen LogP contribution in [0.15, 0.2) is 54.6 Å². The third kappa shape index (κ3) is 6.85. The van der Waals surface area contributed by atoms with Gasteiger partial charge in [-0.05, 0) is 42.1 Å². The van der Waals surface area contributed by atoms with Gasteiger partial charge in [0, 0.05) is 19.5 Å². The lowest BCUT2D eigenvalue weighted by molar-refractivity contribution is -0.132. The molecule has 0 aliphatic rings. The number of halogens is 2. The van der Waals surface area contributed by atoms with Crippen molar-refractivity contribution in [1.82, 2.24) is 4.90 Å². The van der Waals surface area contributed by atoms with Crippen LogP contribution < -0.4 is 5.73 Å². The van der Waals surface area contributed by atoms with Gasteiger partial charge < -0.3 is 10.6 Å². The van der Waals surface area contributed by atoms with Gasteiger partial charge in [0.2, 0.25) is 5.91 Å². The molecule has 5 heteroatoms. The maximum absolute atomic E-state index is 13.4. The monoisotopic (exact) mass is 364 g/mol.